The van der Waals surface area contributed by atoms with E-state index in [1.54, 1.807) is 6.92 Å². The van der Waals surface area contributed by atoms with Crippen molar-refractivity contribution in [2.75, 3.05) is 0 Å². The maximum absolute atomic E-state index is 11.6. The van der Waals surface area contributed by atoms with E-state index in [0.717, 1.165) is 0 Å². The molecule has 1 fully saturated rings. The van der Waals surface area contributed by atoms with E-state index in [1.807, 2.05) is 6.92 Å². The van der Waals surface area contributed by atoms with Crippen LogP contribution in [0.15, 0.2) is 15.8 Å². The molecular weight excluding hydrogens is 224 g/mol. The molecule has 2 N–H and O–H groups in total. The lowest BCUT2D eigenvalue weighted by Crippen LogP contribution is -2.33. The zero-order valence-corrected chi connectivity index (χ0v) is 9.84. The number of hydrogen-bond donors (Lipinski definition) is 2. The highest BCUT2D eigenvalue weighted by atomic mass is 16.5. The number of aliphatic hydroxyl groups excluding tert-OH is 1. The highest BCUT2D eigenvalue weighted by molar-refractivity contribution is 5.01. The largest absolute Gasteiger partial charge is 0.390 e. The maximum Gasteiger partial charge on any atom is 0.330 e. The average molecular weight is 240 g/mol. The third-order valence-electron chi connectivity index (χ3n) is 3.06. The van der Waals surface area contributed by atoms with Crippen molar-refractivity contribution in [2.45, 2.75) is 45.1 Å². The van der Waals surface area contributed by atoms with Crippen LogP contribution in [-0.4, -0.2) is 26.9 Å². The lowest BCUT2D eigenvalue weighted by Gasteiger charge is -2.14. The van der Waals surface area contributed by atoms with Crippen molar-refractivity contribution < 1.29 is 9.84 Å². The summed E-state index contributed by atoms with van der Waals surface area (Å²) < 4.78 is 6.90. The Morgan fingerprint density at radius 3 is 2.88 bits per heavy atom. The van der Waals surface area contributed by atoms with Crippen LogP contribution in [0.1, 0.15) is 31.6 Å². The number of rotatable bonds is 2. The Labute approximate surface area is 97.9 Å². The predicted octanol–water partition coefficient (Wildman–Crippen LogP) is -0.0966. The highest BCUT2D eigenvalue weighted by Gasteiger charge is 2.34. The molecule has 3 atom stereocenters. The molecule has 1 aromatic rings. The Balaban J connectivity index is 2.34. The van der Waals surface area contributed by atoms with E-state index in [9.17, 15) is 14.7 Å². The molecule has 1 aliphatic heterocycles. The van der Waals surface area contributed by atoms with Gasteiger partial charge >= 0.3 is 5.69 Å². The fourth-order valence-corrected chi connectivity index (χ4v) is 2.05. The van der Waals surface area contributed by atoms with E-state index in [-0.39, 0.29) is 6.10 Å². The van der Waals surface area contributed by atoms with E-state index in [1.165, 1.54) is 10.8 Å². The summed E-state index contributed by atoms with van der Waals surface area (Å²) in [6.45, 7) is 3.54. The average Bonchev–Trinajstić information content (AvgIpc) is 2.65. The summed E-state index contributed by atoms with van der Waals surface area (Å²) in [7, 11) is 0. The van der Waals surface area contributed by atoms with Crippen LogP contribution in [-0.2, 0) is 4.74 Å². The summed E-state index contributed by atoms with van der Waals surface area (Å²) in [5.74, 6) is 0. The number of aryl methyl sites for hydroxylation is 1. The van der Waals surface area contributed by atoms with Gasteiger partial charge in [0.1, 0.15) is 6.23 Å². The van der Waals surface area contributed by atoms with Crippen LogP contribution in [0.3, 0.4) is 0 Å². The number of ether oxygens (including phenoxy) is 1. The van der Waals surface area contributed by atoms with Gasteiger partial charge in [0.15, 0.2) is 0 Å². The Kier molecular flexibility index (Phi) is 3.17. The van der Waals surface area contributed by atoms with Crippen LogP contribution in [0.4, 0.5) is 0 Å². The van der Waals surface area contributed by atoms with Gasteiger partial charge < -0.3 is 9.84 Å². The number of H-pyrrole nitrogens is 1. The number of aliphatic hydroxyl groups is 1. The number of aromatic amines is 1. The monoisotopic (exact) mass is 240 g/mol. The Morgan fingerprint density at radius 2 is 2.29 bits per heavy atom. The minimum atomic E-state index is -0.566. The number of nitrogens with one attached hydrogen (secondary N) is 1. The van der Waals surface area contributed by atoms with E-state index in [4.69, 9.17) is 4.74 Å². The van der Waals surface area contributed by atoms with Gasteiger partial charge in [-0.2, -0.15) is 0 Å². The van der Waals surface area contributed by atoms with Crippen molar-refractivity contribution in [3.63, 3.8) is 0 Å². The molecular formula is C11H16N2O4. The summed E-state index contributed by atoms with van der Waals surface area (Å²) >= 11 is 0. The topological polar surface area (TPSA) is 84.3 Å². The Bertz CT molecular complexity index is 519. The zero-order chi connectivity index (χ0) is 12.6. The standard InChI is InChI=1S/C11H16N2O4/c1-3-8-7(14)4-9(17-8)13-5-6(2)10(15)12-11(13)16/h5,7-9,14H,3-4H2,1-2H3,(H,12,15,16). The van der Waals surface area contributed by atoms with Crippen LogP contribution >= 0.6 is 0 Å². The molecule has 2 rings (SSSR count). The molecule has 0 bridgehead atoms. The summed E-state index contributed by atoms with van der Waals surface area (Å²) in [5, 5.41) is 9.72. The number of aromatic nitrogens is 2. The second-order valence-electron chi connectivity index (χ2n) is 4.32. The second kappa shape index (κ2) is 4.46. The van der Waals surface area contributed by atoms with Crippen molar-refractivity contribution in [2.24, 2.45) is 0 Å². The van der Waals surface area contributed by atoms with Crippen LogP contribution in [0.2, 0.25) is 0 Å². The first kappa shape index (κ1) is 12.1. The first-order valence-electron chi connectivity index (χ1n) is 5.68. The molecule has 0 aromatic carbocycles. The van der Waals surface area contributed by atoms with Crippen LogP contribution < -0.4 is 11.2 Å². The normalized spacial score (nSPS) is 28.5. The molecule has 1 saturated heterocycles. The lowest BCUT2D eigenvalue weighted by molar-refractivity contribution is -0.0218. The fraction of sp³-hybridized carbons (Fsp3) is 0.636. The highest BCUT2D eigenvalue weighted by Crippen LogP contribution is 2.28. The van der Waals surface area contributed by atoms with Crippen LogP contribution in [0.25, 0.3) is 0 Å². The van der Waals surface area contributed by atoms with Gasteiger partial charge in [-0.05, 0) is 13.3 Å². The van der Waals surface area contributed by atoms with Gasteiger partial charge in [-0.1, -0.05) is 6.92 Å². The number of nitrogens with zero attached hydrogens (tertiary/aromatic N) is 1. The van der Waals surface area contributed by atoms with Crippen LogP contribution in [0, 0.1) is 6.92 Å². The predicted molar refractivity (Wildman–Crippen MR) is 60.9 cm³/mol. The number of hydrogen-bond acceptors (Lipinski definition) is 4. The van der Waals surface area contributed by atoms with Crippen molar-refractivity contribution in [3.8, 4) is 0 Å². The summed E-state index contributed by atoms with van der Waals surface area (Å²) in [5.41, 5.74) is -0.450. The fourth-order valence-electron chi connectivity index (χ4n) is 2.05. The molecule has 2 heterocycles. The van der Waals surface area contributed by atoms with Crippen molar-refractivity contribution in [1.82, 2.24) is 9.55 Å². The minimum absolute atomic E-state index is 0.251. The quantitative estimate of drug-likeness (QED) is 0.756. The van der Waals surface area contributed by atoms with Crippen LogP contribution in [0.5, 0.6) is 0 Å². The first-order chi connectivity index (χ1) is 8.02. The maximum atomic E-state index is 11.6. The van der Waals surface area contributed by atoms with Gasteiger partial charge in [-0.25, -0.2) is 4.79 Å². The minimum Gasteiger partial charge on any atom is -0.390 e. The molecule has 1 aliphatic rings. The lowest BCUT2D eigenvalue weighted by atomic mass is 10.1. The van der Waals surface area contributed by atoms with Crippen molar-refractivity contribution in [1.29, 1.82) is 0 Å². The van der Waals surface area contributed by atoms with Crippen molar-refractivity contribution in [3.05, 3.63) is 32.6 Å². The Hall–Kier alpha value is -1.40. The smallest absolute Gasteiger partial charge is 0.330 e. The van der Waals surface area contributed by atoms with Gasteiger partial charge in [-0.15, -0.1) is 0 Å². The van der Waals surface area contributed by atoms with Gasteiger partial charge in [0.25, 0.3) is 5.56 Å². The molecule has 0 amide bonds. The van der Waals surface area contributed by atoms with E-state index >= 15 is 0 Å². The zero-order valence-electron chi connectivity index (χ0n) is 9.84. The van der Waals surface area contributed by atoms with Gasteiger partial charge in [0.2, 0.25) is 0 Å². The van der Waals surface area contributed by atoms with E-state index < -0.39 is 23.6 Å². The third-order valence-corrected chi connectivity index (χ3v) is 3.06. The molecule has 0 spiro atoms. The molecule has 6 heteroatoms. The molecule has 0 radical (unpaired) electrons. The van der Waals surface area contributed by atoms with E-state index in [0.29, 0.717) is 18.4 Å². The first-order valence-corrected chi connectivity index (χ1v) is 5.68. The molecule has 0 aliphatic carbocycles. The molecule has 1 aromatic heterocycles. The summed E-state index contributed by atoms with van der Waals surface area (Å²) in [6.07, 6.45) is 1.20. The van der Waals surface area contributed by atoms with Crippen molar-refractivity contribution >= 4 is 0 Å². The van der Waals surface area contributed by atoms with Gasteiger partial charge in [0, 0.05) is 18.2 Å². The molecule has 3 unspecified atom stereocenters. The molecule has 94 valence electrons. The molecule has 0 saturated carbocycles. The molecule has 6 nitrogen and oxygen atoms in total. The molecule has 17 heavy (non-hydrogen) atoms. The van der Waals surface area contributed by atoms with E-state index in [2.05, 4.69) is 4.98 Å². The SMILES string of the molecule is CCC1OC(n2cc(C)c(=O)[nH]c2=O)CC1O. The third kappa shape index (κ3) is 2.18. The Morgan fingerprint density at radius 1 is 1.59 bits per heavy atom. The summed E-state index contributed by atoms with van der Waals surface area (Å²) in [4.78, 5) is 25.1. The van der Waals surface area contributed by atoms with Gasteiger partial charge in [-0.3, -0.25) is 14.3 Å². The second-order valence-corrected chi connectivity index (χ2v) is 4.32. The summed E-state index contributed by atoms with van der Waals surface area (Å²) in [6, 6.07) is 0. The van der Waals surface area contributed by atoms with Gasteiger partial charge in [0.05, 0.1) is 12.2 Å².